The summed E-state index contributed by atoms with van der Waals surface area (Å²) in [6.07, 6.45) is 11.7. The second-order valence-corrected chi connectivity index (χ2v) is 9.46. The summed E-state index contributed by atoms with van der Waals surface area (Å²) >= 11 is 0. The van der Waals surface area contributed by atoms with Gasteiger partial charge >= 0.3 is 0 Å². The molecule has 2 unspecified atom stereocenters. The van der Waals surface area contributed by atoms with Gasteiger partial charge in [-0.25, -0.2) is 0 Å². The Morgan fingerprint density at radius 3 is 2.52 bits per heavy atom. The molecule has 0 aromatic carbocycles. The zero-order valence-electron chi connectivity index (χ0n) is 15.0. The van der Waals surface area contributed by atoms with Gasteiger partial charge in [0.15, 0.2) is 0 Å². The third-order valence-corrected chi connectivity index (χ3v) is 7.42. The van der Waals surface area contributed by atoms with Crippen molar-refractivity contribution >= 4 is 27.3 Å². The first-order valence-electron chi connectivity index (χ1n) is 9.50. The SMILES string of the molecule is O=S(=O)(O)C12CCC(=N1)/C=C1/CC/C(=C/C3=NC(=C\C4=NC2CC4)/CC3)N1. The number of rotatable bonds is 1. The number of fused-ring (bicyclic) bond motifs is 6. The molecule has 0 spiro atoms. The molecule has 27 heavy (non-hydrogen) atoms. The van der Waals surface area contributed by atoms with Crippen LogP contribution in [0.15, 0.2) is 50.3 Å². The van der Waals surface area contributed by atoms with Crippen molar-refractivity contribution < 1.29 is 13.0 Å². The first-order chi connectivity index (χ1) is 12.9. The highest BCUT2D eigenvalue weighted by Gasteiger charge is 2.53. The third-order valence-electron chi connectivity index (χ3n) is 5.96. The number of hydrogen-bond acceptors (Lipinski definition) is 6. The van der Waals surface area contributed by atoms with E-state index in [1.165, 1.54) is 0 Å². The van der Waals surface area contributed by atoms with Crippen LogP contribution in [0.5, 0.6) is 0 Å². The maximum Gasteiger partial charge on any atom is 0.293 e. The van der Waals surface area contributed by atoms with Gasteiger partial charge < -0.3 is 5.32 Å². The second kappa shape index (κ2) is 5.97. The van der Waals surface area contributed by atoms with Gasteiger partial charge in [-0.05, 0) is 69.6 Å². The fraction of sp³-hybridized carbons (Fsp3) is 0.526. The highest BCUT2D eigenvalue weighted by Crippen LogP contribution is 2.41. The molecule has 1 fully saturated rings. The molecule has 0 aliphatic carbocycles. The standard InChI is InChI=1S/C19H22N4O3S/c24-27(25,26)19-8-7-17(23-19)11-15-4-3-13(21-15)9-12-1-2-14(20-12)10-16-5-6-18(19)22-16/h9-11,18,21H,1-8H2,(H,24,25,26)/b13-9-,14-10-,15-11-. The minimum absolute atomic E-state index is 0.272. The zero-order valence-corrected chi connectivity index (χ0v) is 15.8. The van der Waals surface area contributed by atoms with E-state index in [-0.39, 0.29) is 6.42 Å². The van der Waals surface area contributed by atoms with E-state index in [1.807, 2.05) is 12.2 Å². The molecular weight excluding hydrogens is 364 g/mol. The minimum Gasteiger partial charge on any atom is -0.362 e. The van der Waals surface area contributed by atoms with Crippen LogP contribution >= 0.6 is 0 Å². The molecule has 7 nitrogen and oxygen atoms in total. The summed E-state index contributed by atoms with van der Waals surface area (Å²) in [7, 11) is -4.37. The zero-order chi connectivity index (χ0) is 18.6. The maximum atomic E-state index is 12.3. The van der Waals surface area contributed by atoms with Gasteiger partial charge in [-0.3, -0.25) is 19.5 Å². The average molecular weight is 386 g/mol. The van der Waals surface area contributed by atoms with E-state index in [2.05, 4.69) is 21.4 Å². The molecule has 0 aromatic heterocycles. The normalized spacial score (nSPS) is 38.2. The lowest BCUT2D eigenvalue weighted by Crippen LogP contribution is -2.44. The molecule has 0 saturated carbocycles. The van der Waals surface area contributed by atoms with E-state index in [1.54, 1.807) is 0 Å². The molecule has 0 radical (unpaired) electrons. The molecule has 8 bridgehead atoms. The largest absolute Gasteiger partial charge is 0.362 e. The number of hydrogen-bond donors (Lipinski definition) is 2. The predicted octanol–water partition coefficient (Wildman–Crippen LogP) is 2.69. The molecule has 5 aliphatic rings. The van der Waals surface area contributed by atoms with Crippen molar-refractivity contribution in [1.82, 2.24) is 5.32 Å². The van der Waals surface area contributed by atoms with E-state index in [0.717, 1.165) is 54.2 Å². The topological polar surface area (TPSA) is 103 Å². The fourth-order valence-corrected chi connectivity index (χ4v) is 5.70. The highest BCUT2D eigenvalue weighted by molar-refractivity contribution is 7.87. The van der Waals surface area contributed by atoms with Crippen LogP contribution in [0, 0.1) is 0 Å². The van der Waals surface area contributed by atoms with E-state index < -0.39 is 21.0 Å². The molecule has 2 atom stereocenters. The van der Waals surface area contributed by atoms with Gasteiger partial charge in [-0.2, -0.15) is 8.42 Å². The van der Waals surface area contributed by atoms with Crippen LogP contribution in [0.1, 0.15) is 51.4 Å². The van der Waals surface area contributed by atoms with Crippen LogP contribution in [0.25, 0.3) is 0 Å². The van der Waals surface area contributed by atoms with Crippen molar-refractivity contribution in [3.63, 3.8) is 0 Å². The van der Waals surface area contributed by atoms with E-state index >= 15 is 0 Å². The van der Waals surface area contributed by atoms with Gasteiger partial charge in [0.25, 0.3) is 10.1 Å². The van der Waals surface area contributed by atoms with E-state index in [0.29, 0.717) is 25.0 Å². The second-order valence-electron chi connectivity index (χ2n) is 7.80. The smallest absolute Gasteiger partial charge is 0.293 e. The number of nitrogens with one attached hydrogen (secondary N) is 1. The fourth-order valence-electron chi connectivity index (χ4n) is 4.59. The third kappa shape index (κ3) is 2.91. The Bertz CT molecular complexity index is 1000. The maximum absolute atomic E-state index is 12.3. The van der Waals surface area contributed by atoms with Gasteiger partial charge in [0.2, 0.25) is 4.87 Å². The lowest BCUT2D eigenvalue weighted by atomic mass is 10.0. The van der Waals surface area contributed by atoms with Gasteiger partial charge in [0.05, 0.1) is 6.04 Å². The van der Waals surface area contributed by atoms with Crippen LogP contribution in [0.3, 0.4) is 0 Å². The lowest BCUT2D eigenvalue weighted by Gasteiger charge is -2.26. The summed E-state index contributed by atoms with van der Waals surface area (Å²) in [5.41, 5.74) is 5.80. The van der Waals surface area contributed by atoms with Crippen LogP contribution in [-0.4, -0.2) is 41.0 Å². The highest BCUT2D eigenvalue weighted by atomic mass is 32.2. The average Bonchev–Trinajstić information content (AvgIpc) is 3.35. The van der Waals surface area contributed by atoms with Crippen molar-refractivity contribution in [2.75, 3.05) is 0 Å². The molecule has 142 valence electrons. The van der Waals surface area contributed by atoms with Crippen LogP contribution in [0.2, 0.25) is 0 Å². The van der Waals surface area contributed by atoms with E-state index in [9.17, 15) is 13.0 Å². The van der Waals surface area contributed by atoms with Gasteiger partial charge in [0, 0.05) is 34.2 Å². The van der Waals surface area contributed by atoms with Crippen molar-refractivity contribution in [2.45, 2.75) is 62.3 Å². The Morgan fingerprint density at radius 1 is 0.963 bits per heavy atom. The number of aliphatic imine (C=N–C) groups is 3. The Morgan fingerprint density at radius 2 is 1.74 bits per heavy atom. The molecule has 1 saturated heterocycles. The number of nitrogens with zero attached hydrogens (tertiary/aromatic N) is 3. The van der Waals surface area contributed by atoms with Crippen molar-refractivity contribution in [2.24, 2.45) is 15.0 Å². The molecular formula is C19H22N4O3S. The van der Waals surface area contributed by atoms with Gasteiger partial charge in [-0.15, -0.1) is 0 Å². The Labute approximate surface area is 158 Å². The summed E-state index contributed by atoms with van der Waals surface area (Å²) in [4.78, 5) is 12.3. The summed E-state index contributed by atoms with van der Waals surface area (Å²) < 4.78 is 34.7. The van der Waals surface area contributed by atoms with Crippen LogP contribution in [-0.2, 0) is 10.1 Å². The molecule has 0 aromatic rings. The summed E-state index contributed by atoms with van der Waals surface area (Å²) in [6.45, 7) is 0. The first-order valence-corrected chi connectivity index (χ1v) is 10.9. The van der Waals surface area contributed by atoms with Crippen molar-refractivity contribution in [3.05, 3.63) is 35.3 Å². The molecule has 5 heterocycles. The van der Waals surface area contributed by atoms with Gasteiger partial charge in [-0.1, -0.05) is 0 Å². The Kier molecular flexibility index (Phi) is 3.77. The molecule has 5 aliphatic heterocycles. The number of allylic oxidation sites excluding steroid dienone is 6. The molecule has 8 heteroatoms. The summed E-state index contributed by atoms with van der Waals surface area (Å²) in [5, 5.41) is 3.41. The summed E-state index contributed by atoms with van der Waals surface area (Å²) in [5.74, 6) is 0. The van der Waals surface area contributed by atoms with Crippen molar-refractivity contribution in [1.29, 1.82) is 0 Å². The summed E-state index contributed by atoms with van der Waals surface area (Å²) in [6, 6.07) is -0.546. The quantitative estimate of drug-likeness (QED) is 0.676. The monoisotopic (exact) mass is 386 g/mol. The molecule has 5 rings (SSSR count). The van der Waals surface area contributed by atoms with Gasteiger partial charge in [0.1, 0.15) is 0 Å². The minimum atomic E-state index is -4.37. The lowest BCUT2D eigenvalue weighted by molar-refractivity contribution is 0.383. The predicted molar refractivity (Wildman–Crippen MR) is 105 cm³/mol. The first kappa shape index (κ1) is 17.1. The molecule has 2 N–H and O–H groups in total. The molecule has 0 amide bonds. The van der Waals surface area contributed by atoms with Crippen LogP contribution in [0.4, 0.5) is 0 Å². The Balaban J connectivity index is 1.65. The van der Waals surface area contributed by atoms with Crippen molar-refractivity contribution in [3.8, 4) is 0 Å². The van der Waals surface area contributed by atoms with Crippen LogP contribution < -0.4 is 5.32 Å². The Hall–Kier alpha value is -2.06. The van der Waals surface area contributed by atoms with E-state index in [4.69, 9.17) is 4.99 Å².